The number of carboxylic acids is 1. The molecule has 0 saturated heterocycles. The Labute approximate surface area is 139 Å². The molecule has 1 amide bonds. The van der Waals surface area contributed by atoms with Crippen LogP contribution in [0.3, 0.4) is 0 Å². The zero-order valence-electron chi connectivity index (χ0n) is 13.3. The standard InChI is InChI=1S/C18H19N3O3/c22-17(11-3-1-4-11)21-8-7-14-15(10-21)20-16(19-14)12-5-2-6-13(9-12)18(23)24/h2,5-6,9,11H,1,3-4,7-8,10H2,(H,19,20)(H,23,24). The fourth-order valence-electron chi connectivity index (χ4n) is 3.33. The molecular formula is C18H19N3O3. The first kappa shape index (κ1) is 14.9. The van der Waals surface area contributed by atoms with Crippen LogP contribution in [0.1, 0.15) is 41.0 Å². The van der Waals surface area contributed by atoms with Crippen LogP contribution < -0.4 is 0 Å². The molecule has 24 heavy (non-hydrogen) atoms. The summed E-state index contributed by atoms with van der Waals surface area (Å²) < 4.78 is 0. The fraction of sp³-hybridized carbons (Fsp3) is 0.389. The van der Waals surface area contributed by atoms with Gasteiger partial charge in [-0.05, 0) is 25.0 Å². The molecule has 2 aromatic rings. The van der Waals surface area contributed by atoms with Gasteiger partial charge in [-0.2, -0.15) is 0 Å². The number of aromatic carboxylic acids is 1. The van der Waals surface area contributed by atoms with Crippen molar-refractivity contribution < 1.29 is 14.7 Å². The Balaban J connectivity index is 1.57. The van der Waals surface area contributed by atoms with Crippen molar-refractivity contribution in [3.8, 4) is 11.4 Å². The minimum Gasteiger partial charge on any atom is -0.478 e. The molecule has 6 heteroatoms. The lowest BCUT2D eigenvalue weighted by molar-refractivity contribution is -0.139. The van der Waals surface area contributed by atoms with Crippen LogP contribution >= 0.6 is 0 Å². The van der Waals surface area contributed by atoms with Gasteiger partial charge >= 0.3 is 5.97 Å². The average Bonchev–Trinajstić information content (AvgIpc) is 2.96. The number of nitrogens with one attached hydrogen (secondary N) is 1. The van der Waals surface area contributed by atoms with Crippen molar-refractivity contribution in [1.82, 2.24) is 14.9 Å². The van der Waals surface area contributed by atoms with Gasteiger partial charge in [0.05, 0.1) is 23.5 Å². The minimum absolute atomic E-state index is 0.209. The Morgan fingerprint density at radius 1 is 1.29 bits per heavy atom. The van der Waals surface area contributed by atoms with Crippen LogP contribution in [0.5, 0.6) is 0 Å². The largest absolute Gasteiger partial charge is 0.478 e. The molecule has 1 aliphatic heterocycles. The monoisotopic (exact) mass is 325 g/mol. The zero-order valence-corrected chi connectivity index (χ0v) is 13.3. The van der Waals surface area contributed by atoms with Crippen molar-refractivity contribution in [2.75, 3.05) is 6.54 Å². The second-order valence-corrected chi connectivity index (χ2v) is 6.53. The number of amides is 1. The van der Waals surface area contributed by atoms with Gasteiger partial charge in [0, 0.05) is 24.4 Å². The molecule has 0 atom stereocenters. The highest BCUT2D eigenvalue weighted by molar-refractivity contribution is 5.89. The quantitative estimate of drug-likeness (QED) is 0.907. The van der Waals surface area contributed by atoms with Gasteiger partial charge in [0.2, 0.25) is 5.91 Å². The maximum absolute atomic E-state index is 12.4. The van der Waals surface area contributed by atoms with Crippen LogP contribution in [0.15, 0.2) is 24.3 Å². The molecule has 0 radical (unpaired) electrons. The highest BCUT2D eigenvalue weighted by atomic mass is 16.4. The number of carbonyl (C=O) groups excluding carboxylic acids is 1. The number of imidazole rings is 1. The minimum atomic E-state index is -0.953. The van der Waals surface area contributed by atoms with E-state index in [9.17, 15) is 9.59 Å². The van der Waals surface area contributed by atoms with Gasteiger partial charge in [-0.15, -0.1) is 0 Å². The van der Waals surface area contributed by atoms with E-state index in [1.165, 1.54) is 0 Å². The van der Waals surface area contributed by atoms with Gasteiger partial charge in [-0.1, -0.05) is 18.6 Å². The average molecular weight is 325 g/mol. The number of benzene rings is 1. The lowest BCUT2D eigenvalue weighted by Gasteiger charge is -2.33. The smallest absolute Gasteiger partial charge is 0.335 e. The van der Waals surface area contributed by atoms with E-state index < -0.39 is 5.97 Å². The summed E-state index contributed by atoms with van der Waals surface area (Å²) in [6.07, 6.45) is 3.92. The van der Waals surface area contributed by atoms with Gasteiger partial charge in [0.15, 0.2) is 0 Å². The zero-order chi connectivity index (χ0) is 16.7. The maximum Gasteiger partial charge on any atom is 0.335 e. The molecule has 0 unspecified atom stereocenters. The van der Waals surface area contributed by atoms with Gasteiger partial charge in [-0.25, -0.2) is 9.78 Å². The molecule has 2 N–H and O–H groups in total. The number of hydrogen-bond acceptors (Lipinski definition) is 3. The van der Waals surface area contributed by atoms with Crippen LogP contribution in [-0.2, 0) is 17.8 Å². The normalized spacial score (nSPS) is 17.2. The summed E-state index contributed by atoms with van der Waals surface area (Å²) in [5, 5.41) is 9.12. The Bertz CT molecular complexity index is 808. The molecule has 1 aliphatic carbocycles. The topological polar surface area (TPSA) is 86.3 Å². The summed E-state index contributed by atoms with van der Waals surface area (Å²) in [5.41, 5.74) is 2.93. The van der Waals surface area contributed by atoms with Crippen LogP contribution in [0.4, 0.5) is 0 Å². The highest BCUT2D eigenvalue weighted by Crippen LogP contribution is 2.30. The molecule has 4 rings (SSSR count). The van der Waals surface area contributed by atoms with Crippen molar-refractivity contribution in [2.45, 2.75) is 32.2 Å². The number of aromatic nitrogens is 2. The number of aromatic amines is 1. The Hall–Kier alpha value is -2.63. The van der Waals surface area contributed by atoms with Gasteiger partial charge in [-0.3, -0.25) is 4.79 Å². The summed E-state index contributed by atoms with van der Waals surface area (Å²) in [5.74, 6) is 0.184. The SMILES string of the molecule is O=C(O)c1cccc(-c2nc3c([nH]2)CN(C(=O)C2CCC2)CC3)c1. The van der Waals surface area contributed by atoms with Crippen molar-refractivity contribution in [3.05, 3.63) is 41.2 Å². The van der Waals surface area contributed by atoms with Crippen molar-refractivity contribution in [1.29, 1.82) is 0 Å². The summed E-state index contributed by atoms with van der Waals surface area (Å²) in [7, 11) is 0. The van der Waals surface area contributed by atoms with Crippen LogP contribution in [0.2, 0.25) is 0 Å². The molecule has 1 saturated carbocycles. The summed E-state index contributed by atoms with van der Waals surface area (Å²) in [4.78, 5) is 33.3. The van der Waals surface area contributed by atoms with E-state index >= 15 is 0 Å². The Kier molecular flexibility index (Phi) is 3.59. The van der Waals surface area contributed by atoms with E-state index in [0.29, 0.717) is 18.9 Å². The number of nitrogens with zero attached hydrogens (tertiary/aromatic N) is 2. The number of H-pyrrole nitrogens is 1. The molecule has 2 aliphatic rings. The van der Waals surface area contributed by atoms with Crippen molar-refractivity contribution >= 4 is 11.9 Å². The first-order valence-corrected chi connectivity index (χ1v) is 8.32. The third-order valence-corrected chi connectivity index (χ3v) is 4.98. The number of carbonyl (C=O) groups is 2. The lowest BCUT2D eigenvalue weighted by Crippen LogP contribution is -2.41. The third-order valence-electron chi connectivity index (χ3n) is 4.98. The van der Waals surface area contributed by atoms with Crippen LogP contribution in [0, 0.1) is 5.92 Å². The summed E-state index contributed by atoms with van der Waals surface area (Å²) in [6, 6.07) is 6.73. The Morgan fingerprint density at radius 2 is 2.12 bits per heavy atom. The van der Waals surface area contributed by atoms with Crippen molar-refractivity contribution in [3.63, 3.8) is 0 Å². The molecule has 124 valence electrons. The van der Waals surface area contributed by atoms with E-state index in [0.717, 1.165) is 42.6 Å². The molecule has 1 aromatic carbocycles. The molecule has 0 bridgehead atoms. The maximum atomic E-state index is 12.4. The van der Waals surface area contributed by atoms with Gasteiger partial charge in [0.1, 0.15) is 5.82 Å². The molecule has 0 spiro atoms. The predicted molar refractivity (Wildman–Crippen MR) is 87.4 cm³/mol. The van der Waals surface area contributed by atoms with E-state index in [4.69, 9.17) is 5.11 Å². The highest BCUT2D eigenvalue weighted by Gasteiger charge is 2.32. The predicted octanol–water partition coefficient (Wildman–Crippen LogP) is 2.46. The third kappa shape index (κ3) is 2.58. The van der Waals surface area contributed by atoms with Gasteiger partial charge in [0.25, 0.3) is 0 Å². The van der Waals surface area contributed by atoms with Gasteiger partial charge < -0.3 is 15.0 Å². The first-order valence-electron chi connectivity index (χ1n) is 8.32. The number of hydrogen-bond donors (Lipinski definition) is 2. The second-order valence-electron chi connectivity index (χ2n) is 6.53. The number of rotatable bonds is 3. The molecule has 1 aromatic heterocycles. The molecule has 6 nitrogen and oxygen atoms in total. The lowest BCUT2D eigenvalue weighted by atomic mass is 9.84. The van der Waals surface area contributed by atoms with Crippen molar-refractivity contribution in [2.24, 2.45) is 5.92 Å². The molecule has 1 fully saturated rings. The van der Waals surface area contributed by atoms with Crippen LogP contribution in [-0.4, -0.2) is 38.4 Å². The Morgan fingerprint density at radius 3 is 2.83 bits per heavy atom. The molecular weight excluding hydrogens is 306 g/mol. The van der Waals surface area contributed by atoms with E-state index in [2.05, 4.69) is 9.97 Å². The van der Waals surface area contributed by atoms with E-state index in [-0.39, 0.29) is 17.4 Å². The fourth-order valence-corrected chi connectivity index (χ4v) is 3.33. The molecule has 2 heterocycles. The second kappa shape index (κ2) is 5.78. The number of carboxylic acid groups (broad SMARTS) is 1. The summed E-state index contributed by atoms with van der Waals surface area (Å²) >= 11 is 0. The first-order chi connectivity index (χ1) is 11.6. The number of fused-ring (bicyclic) bond motifs is 1. The van der Waals surface area contributed by atoms with E-state index in [1.54, 1.807) is 18.2 Å². The van der Waals surface area contributed by atoms with E-state index in [1.807, 2.05) is 11.0 Å². The summed E-state index contributed by atoms with van der Waals surface area (Å²) in [6.45, 7) is 1.28. The van der Waals surface area contributed by atoms with Crippen LogP contribution in [0.25, 0.3) is 11.4 Å².